The van der Waals surface area contributed by atoms with Gasteiger partial charge in [-0.2, -0.15) is 4.31 Å². The Morgan fingerprint density at radius 3 is 2.00 bits per heavy atom. The topological polar surface area (TPSA) is 86.8 Å². The molecule has 37 heavy (non-hydrogen) atoms. The number of carbonyl (C=O) groups excluding carboxylic acids is 2. The third-order valence-corrected chi connectivity index (χ3v) is 7.28. The summed E-state index contributed by atoms with van der Waals surface area (Å²) in [5, 5.41) is 2.94. The van der Waals surface area contributed by atoms with E-state index in [0.717, 1.165) is 21.7 Å². The second-order valence-corrected chi connectivity index (χ2v) is 11.0. The van der Waals surface area contributed by atoms with Crippen molar-refractivity contribution in [3.63, 3.8) is 0 Å². The number of nitrogens with zero attached hydrogens (tertiary/aromatic N) is 2. The quantitative estimate of drug-likeness (QED) is 0.394. The van der Waals surface area contributed by atoms with E-state index in [-0.39, 0.29) is 18.9 Å². The van der Waals surface area contributed by atoms with E-state index in [1.807, 2.05) is 60.7 Å². The van der Waals surface area contributed by atoms with Crippen LogP contribution >= 0.6 is 0 Å². The molecule has 3 rings (SSSR count). The number of nitrogens with one attached hydrogen (secondary N) is 1. The highest BCUT2D eigenvalue weighted by Gasteiger charge is 2.31. The van der Waals surface area contributed by atoms with Crippen LogP contribution in [0.4, 0.5) is 4.39 Å². The lowest BCUT2D eigenvalue weighted by Crippen LogP contribution is -2.53. The molecule has 3 aromatic carbocycles. The molecule has 1 N–H and O–H groups in total. The fourth-order valence-electron chi connectivity index (χ4n) is 3.83. The van der Waals surface area contributed by atoms with Gasteiger partial charge in [-0.25, -0.2) is 12.8 Å². The van der Waals surface area contributed by atoms with Crippen LogP contribution in [0.1, 0.15) is 16.7 Å². The molecule has 0 fully saturated rings. The molecule has 0 aliphatic rings. The average molecular weight is 526 g/mol. The summed E-state index contributed by atoms with van der Waals surface area (Å²) < 4.78 is 38.4. The number of sulfonamides is 1. The van der Waals surface area contributed by atoms with Gasteiger partial charge in [0.25, 0.3) is 0 Å². The normalized spacial score (nSPS) is 12.2. The van der Waals surface area contributed by atoms with Crippen molar-refractivity contribution in [2.24, 2.45) is 0 Å². The lowest BCUT2D eigenvalue weighted by atomic mass is 10.0. The number of halogens is 1. The van der Waals surface area contributed by atoms with Crippen LogP contribution in [0.25, 0.3) is 0 Å². The first-order valence-electron chi connectivity index (χ1n) is 11.9. The zero-order valence-corrected chi connectivity index (χ0v) is 21.8. The number of hydrogen-bond donors (Lipinski definition) is 1. The molecule has 2 amide bonds. The van der Waals surface area contributed by atoms with Crippen molar-refractivity contribution < 1.29 is 22.4 Å². The highest BCUT2D eigenvalue weighted by atomic mass is 32.2. The second kappa shape index (κ2) is 13.1. The first kappa shape index (κ1) is 28.0. The van der Waals surface area contributed by atoms with E-state index in [9.17, 15) is 22.4 Å². The summed E-state index contributed by atoms with van der Waals surface area (Å²) in [7, 11) is -2.31. The fourth-order valence-corrected chi connectivity index (χ4v) is 4.18. The SMILES string of the molecule is CN(CC(=O)N(Cc1ccc(F)cc1)[C@@H](Cc1ccccc1)C(=O)NCCc1ccccc1)S(C)(=O)=O. The Hall–Kier alpha value is -3.56. The van der Waals surface area contributed by atoms with Crippen LogP contribution in [0, 0.1) is 5.82 Å². The Balaban J connectivity index is 1.89. The van der Waals surface area contributed by atoms with Crippen molar-refractivity contribution in [1.82, 2.24) is 14.5 Å². The molecule has 0 bridgehead atoms. The van der Waals surface area contributed by atoms with E-state index in [4.69, 9.17) is 0 Å². The van der Waals surface area contributed by atoms with Crippen LogP contribution in [-0.4, -0.2) is 61.9 Å². The van der Waals surface area contributed by atoms with Crippen LogP contribution in [0.2, 0.25) is 0 Å². The Kier molecular flexibility index (Phi) is 9.93. The number of rotatable bonds is 12. The third kappa shape index (κ3) is 8.80. The smallest absolute Gasteiger partial charge is 0.243 e. The molecule has 0 unspecified atom stereocenters. The predicted octanol–water partition coefficient (Wildman–Crippen LogP) is 3.02. The fraction of sp³-hybridized carbons (Fsp3) is 0.286. The van der Waals surface area contributed by atoms with Gasteiger partial charge < -0.3 is 10.2 Å². The average Bonchev–Trinajstić information content (AvgIpc) is 2.87. The van der Waals surface area contributed by atoms with E-state index >= 15 is 0 Å². The van der Waals surface area contributed by atoms with Gasteiger partial charge in [0.1, 0.15) is 11.9 Å². The van der Waals surface area contributed by atoms with Gasteiger partial charge in [-0.15, -0.1) is 0 Å². The number of amides is 2. The highest BCUT2D eigenvalue weighted by Crippen LogP contribution is 2.16. The van der Waals surface area contributed by atoms with Crippen molar-refractivity contribution >= 4 is 21.8 Å². The summed E-state index contributed by atoms with van der Waals surface area (Å²) in [6.07, 6.45) is 1.86. The summed E-state index contributed by atoms with van der Waals surface area (Å²) in [6, 6.07) is 23.8. The van der Waals surface area contributed by atoms with Gasteiger partial charge >= 0.3 is 0 Å². The van der Waals surface area contributed by atoms with Crippen LogP contribution in [0.15, 0.2) is 84.9 Å². The van der Waals surface area contributed by atoms with Gasteiger partial charge in [0.15, 0.2) is 0 Å². The maximum atomic E-state index is 13.5. The summed E-state index contributed by atoms with van der Waals surface area (Å²) in [6.45, 7) is -0.0428. The molecule has 0 aliphatic heterocycles. The molecular weight excluding hydrogens is 493 g/mol. The molecular formula is C28H32FN3O4S. The maximum absolute atomic E-state index is 13.5. The minimum Gasteiger partial charge on any atom is -0.354 e. The number of benzene rings is 3. The highest BCUT2D eigenvalue weighted by molar-refractivity contribution is 7.88. The van der Waals surface area contributed by atoms with Crippen molar-refractivity contribution in [3.05, 3.63) is 107 Å². The number of carbonyl (C=O) groups is 2. The minimum absolute atomic E-state index is 0.0142. The predicted molar refractivity (Wildman–Crippen MR) is 142 cm³/mol. The van der Waals surface area contributed by atoms with E-state index in [0.29, 0.717) is 18.5 Å². The molecule has 9 heteroatoms. The van der Waals surface area contributed by atoms with E-state index in [1.54, 1.807) is 12.1 Å². The minimum atomic E-state index is -3.62. The van der Waals surface area contributed by atoms with Gasteiger partial charge in [-0.05, 0) is 35.2 Å². The van der Waals surface area contributed by atoms with Crippen LogP contribution in [0.3, 0.4) is 0 Å². The Morgan fingerprint density at radius 2 is 1.43 bits per heavy atom. The van der Waals surface area contributed by atoms with E-state index in [2.05, 4.69) is 5.32 Å². The molecule has 7 nitrogen and oxygen atoms in total. The lowest BCUT2D eigenvalue weighted by molar-refractivity contribution is -0.141. The Bertz CT molecular complexity index is 1270. The molecule has 0 spiro atoms. The third-order valence-electron chi connectivity index (χ3n) is 6.02. The summed E-state index contributed by atoms with van der Waals surface area (Å²) in [5.41, 5.74) is 2.53. The Morgan fingerprint density at radius 1 is 0.865 bits per heavy atom. The van der Waals surface area contributed by atoms with Crippen molar-refractivity contribution in [3.8, 4) is 0 Å². The zero-order chi connectivity index (χ0) is 26.8. The van der Waals surface area contributed by atoms with Gasteiger partial charge in [-0.1, -0.05) is 72.8 Å². The number of likely N-dealkylation sites (N-methyl/N-ethyl adjacent to an activating group) is 1. The molecule has 0 radical (unpaired) electrons. The van der Waals surface area contributed by atoms with Crippen LogP contribution in [0.5, 0.6) is 0 Å². The summed E-state index contributed by atoms with van der Waals surface area (Å²) in [5.74, 6) is -1.30. The zero-order valence-electron chi connectivity index (χ0n) is 21.0. The molecule has 1 atom stereocenters. The maximum Gasteiger partial charge on any atom is 0.243 e. The van der Waals surface area contributed by atoms with Gasteiger partial charge in [0.2, 0.25) is 21.8 Å². The summed E-state index contributed by atoms with van der Waals surface area (Å²) >= 11 is 0. The molecule has 0 aromatic heterocycles. The van der Waals surface area contributed by atoms with Crippen LogP contribution in [-0.2, 0) is 39.0 Å². The Labute approximate surface area is 218 Å². The van der Waals surface area contributed by atoms with Crippen molar-refractivity contribution in [2.75, 3.05) is 26.4 Å². The van der Waals surface area contributed by atoms with E-state index < -0.39 is 34.3 Å². The second-order valence-electron chi connectivity index (χ2n) is 8.90. The van der Waals surface area contributed by atoms with Crippen LogP contribution < -0.4 is 5.32 Å². The van der Waals surface area contributed by atoms with Crippen molar-refractivity contribution in [1.29, 1.82) is 0 Å². The molecule has 3 aromatic rings. The standard InChI is InChI=1S/C28H32FN3O4S/c1-31(37(2,35)36)21-27(33)32(20-24-13-15-25(29)16-14-24)26(19-23-11-7-4-8-12-23)28(34)30-18-17-22-9-5-3-6-10-22/h3-16,26H,17-21H2,1-2H3,(H,30,34)/t26-/m0/s1. The first-order valence-corrected chi connectivity index (χ1v) is 13.8. The van der Waals surface area contributed by atoms with Crippen molar-refractivity contribution in [2.45, 2.75) is 25.4 Å². The number of hydrogen-bond acceptors (Lipinski definition) is 4. The molecule has 0 heterocycles. The molecule has 0 aliphatic carbocycles. The monoisotopic (exact) mass is 525 g/mol. The van der Waals surface area contributed by atoms with Gasteiger partial charge in [0.05, 0.1) is 12.8 Å². The largest absolute Gasteiger partial charge is 0.354 e. The molecule has 196 valence electrons. The first-order chi connectivity index (χ1) is 17.6. The lowest BCUT2D eigenvalue weighted by Gasteiger charge is -2.32. The molecule has 0 saturated carbocycles. The summed E-state index contributed by atoms with van der Waals surface area (Å²) in [4.78, 5) is 28.4. The van der Waals surface area contributed by atoms with Gasteiger partial charge in [-0.3, -0.25) is 9.59 Å². The molecule has 0 saturated heterocycles. The van der Waals surface area contributed by atoms with Gasteiger partial charge in [0, 0.05) is 26.6 Å². The van der Waals surface area contributed by atoms with E-state index in [1.165, 1.54) is 24.1 Å².